The van der Waals surface area contributed by atoms with Crippen molar-refractivity contribution >= 4 is 11.8 Å². The molecule has 2 amide bonds. The van der Waals surface area contributed by atoms with Gasteiger partial charge in [0.15, 0.2) is 0 Å². The lowest BCUT2D eigenvalue weighted by atomic mass is 10.0. The van der Waals surface area contributed by atoms with Gasteiger partial charge in [-0.1, -0.05) is 12.1 Å². The first-order valence-electron chi connectivity index (χ1n) is 6.93. The molecule has 0 spiro atoms. The van der Waals surface area contributed by atoms with Crippen molar-refractivity contribution in [2.45, 2.75) is 38.4 Å². The highest BCUT2D eigenvalue weighted by molar-refractivity contribution is 5.97. The van der Waals surface area contributed by atoms with E-state index in [0.717, 1.165) is 12.8 Å². The molecule has 106 valence electrons. The van der Waals surface area contributed by atoms with Gasteiger partial charge in [-0.15, -0.1) is 0 Å². The Bertz CT molecular complexity index is 561. The third kappa shape index (κ3) is 2.07. The number of hydrogen-bond donors (Lipinski definition) is 0. The zero-order valence-electron chi connectivity index (χ0n) is 11.4. The normalized spacial score (nSPS) is 26.1. The van der Waals surface area contributed by atoms with Crippen molar-refractivity contribution in [1.29, 1.82) is 0 Å². The molecule has 2 aliphatic rings. The predicted octanol–water partition coefficient (Wildman–Crippen LogP) is 1.55. The summed E-state index contributed by atoms with van der Waals surface area (Å²) in [6, 6.07) is 5.38. The van der Waals surface area contributed by atoms with Gasteiger partial charge < -0.3 is 9.80 Å². The fourth-order valence-electron chi connectivity index (χ4n) is 3.09. The van der Waals surface area contributed by atoms with Crippen LogP contribution in [0.25, 0.3) is 0 Å². The van der Waals surface area contributed by atoms with Gasteiger partial charge in [0, 0.05) is 13.1 Å². The van der Waals surface area contributed by atoms with Gasteiger partial charge >= 0.3 is 0 Å². The van der Waals surface area contributed by atoms with Crippen LogP contribution in [0.1, 0.15) is 25.3 Å². The molecule has 4 nitrogen and oxygen atoms in total. The lowest BCUT2D eigenvalue weighted by molar-refractivity contribution is -0.159. The number of fused-ring (bicyclic) bond motifs is 1. The minimum atomic E-state index is -0.472. The fraction of sp³-hybridized carbons (Fsp3) is 0.467. The van der Waals surface area contributed by atoms with Crippen molar-refractivity contribution in [3.63, 3.8) is 0 Å². The molecule has 0 N–H and O–H groups in total. The van der Waals surface area contributed by atoms with Crippen molar-refractivity contribution in [2.75, 3.05) is 6.54 Å². The molecule has 2 atom stereocenters. The van der Waals surface area contributed by atoms with E-state index in [-0.39, 0.29) is 30.2 Å². The molecule has 0 aromatic heterocycles. The summed E-state index contributed by atoms with van der Waals surface area (Å²) in [5.41, 5.74) is 0.712. The van der Waals surface area contributed by atoms with Gasteiger partial charge in [-0.05, 0) is 37.5 Å². The largest absolute Gasteiger partial charge is 0.329 e. The van der Waals surface area contributed by atoms with Gasteiger partial charge in [0.1, 0.15) is 17.9 Å². The number of piperazine rings is 1. The summed E-state index contributed by atoms with van der Waals surface area (Å²) in [4.78, 5) is 28.0. The molecular weight excluding hydrogens is 259 g/mol. The predicted molar refractivity (Wildman–Crippen MR) is 71.1 cm³/mol. The van der Waals surface area contributed by atoms with E-state index >= 15 is 0 Å². The smallest absolute Gasteiger partial charge is 0.246 e. The summed E-state index contributed by atoms with van der Waals surface area (Å²) in [6.45, 7) is 2.70. The molecule has 2 aliphatic heterocycles. The van der Waals surface area contributed by atoms with Gasteiger partial charge in [-0.3, -0.25) is 9.59 Å². The van der Waals surface area contributed by atoms with Crippen LogP contribution in [-0.4, -0.2) is 40.2 Å². The summed E-state index contributed by atoms with van der Waals surface area (Å²) in [5.74, 6) is -0.337. The molecular formula is C15H17FN2O2. The van der Waals surface area contributed by atoms with Crippen LogP contribution in [0.5, 0.6) is 0 Å². The first-order chi connectivity index (χ1) is 9.58. The lowest BCUT2D eigenvalue weighted by Gasteiger charge is -2.41. The summed E-state index contributed by atoms with van der Waals surface area (Å²) >= 11 is 0. The van der Waals surface area contributed by atoms with Crippen LogP contribution in [0.4, 0.5) is 4.39 Å². The van der Waals surface area contributed by atoms with Crippen molar-refractivity contribution in [3.8, 4) is 0 Å². The van der Waals surface area contributed by atoms with Gasteiger partial charge in [-0.25, -0.2) is 4.39 Å². The van der Waals surface area contributed by atoms with Crippen molar-refractivity contribution in [1.82, 2.24) is 9.80 Å². The third-order valence-corrected chi connectivity index (χ3v) is 4.17. The van der Waals surface area contributed by atoms with Gasteiger partial charge in [-0.2, -0.15) is 0 Å². The van der Waals surface area contributed by atoms with Crippen LogP contribution in [0, 0.1) is 5.82 Å². The second kappa shape index (κ2) is 4.89. The number of hydrogen-bond acceptors (Lipinski definition) is 2. The second-order valence-electron chi connectivity index (χ2n) is 5.46. The summed E-state index contributed by atoms with van der Waals surface area (Å²) in [7, 11) is 0. The van der Waals surface area contributed by atoms with Crippen LogP contribution in [0.2, 0.25) is 0 Å². The number of carbonyl (C=O) groups excluding carboxylic acids is 2. The molecule has 2 fully saturated rings. The first kappa shape index (κ1) is 13.1. The Kier molecular flexibility index (Phi) is 3.20. The summed E-state index contributed by atoms with van der Waals surface area (Å²) in [5, 5.41) is 0. The van der Waals surface area contributed by atoms with E-state index in [9.17, 15) is 14.0 Å². The molecule has 2 heterocycles. The molecule has 1 aromatic carbocycles. The minimum absolute atomic E-state index is 0.00324. The Morgan fingerprint density at radius 1 is 1.30 bits per heavy atom. The lowest BCUT2D eigenvalue weighted by Crippen LogP contribution is -2.61. The molecule has 3 rings (SSSR count). The number of benzene rings is 1. The highest BCUT2D eigenvalue weighted by atomic mass is 19.1. The molecule has 0 bridgehead atoms. The molecule has 0 saturated carbocycles. The number of rotatable bonds is 2. The zero-order valence-corrected chi connectivity index (χ0v) is 11.4. The van der Waals surface area contributed by atoms with E-state index in [1.807, 2.05) is 0 Å². The Labute approximate surface area is 117 Å². The monoisotopic (exact) mass is 276 g/mol. The topological polar surface area (TPSA) is 40.6 Å². The Morgan fingerprint density at radius 3 is 2.85 bits per heavy atom. The van der Waals surface area contributed by atoms with Gasteiger partial charge in [0.05, 0.1) is 0 Å². The van der Waals surface area contributed by atoms with Crippen LogP contribution in [-0.2, 0) is 16.1 Å². The van der Waals surface area contributed by atoms with E-state index in [0.29, 0.717) is 12.1 Å². The molecule has 2 saturated heterocycles. The van der Waals surface area contributed by atoms with Crippen LogP contribution < -0.4 is 0 Å². The summed E-state index contributed by atoms with van der Waals surface area (Å²) in [6.07, 6.45) is 1.61. The molecule has 0 aliphatic carbocycles. The van der Waals surface area contributed by atoms with Crippen LogP contribution in [0.15, 0.2) is 24.3 Å². The van der Waals surface area contributed by atoms with Crippen molar-refractivity contribution < 1.29 is 14.0 Å². The van der Waals surface area contributed by atoms with E-state index < -0.39 is 6.04 Å². The molecule has 1 aromatic rings. The zero-order chi connectivity index (χ0) is 14.3. The molecule has 5 heteroatoms. The number of halogens is 1. The first-order valence-corrected chi connectivity index (χ1v) is 6.93. The average molecular weight is 276 g/mol. The standard InChI is InChI=1S/C15H17FN2O2/c1-10-14(19)17-7-3-6-13(17)15(20)18(10)9-11-4-2-5-12(16)8-11/h2,4-5,8,10,13H,3,6-7,9H2,1H3. The van der Waals surface area contributed by atoms with E-state index in [1.165, 1.54) is 12.1 Å². The number of nitrogens with zero attached hydrogens (tertiary/aromatic N) is 2. The van der Waals surface area contributed by atoms with E-state index in [4.69, 9.17) is 0 Å². The molecule has 2 unspecified atom stereocenters. The highest BCUT2D eigenvalue weighted by Crippen LogP contribution is 2.27. The third-order valence-electron chi connectivity index (χ3n) is 4.17. The van der Waals surface area contributed by atoms with Gasteiger partial charge in [0.25, 0.3) is 0 Å². The maximum absolute atomic E-state index is 13.2. The second-order valence-corrected chi connectivity index (χ2v) is 5.46. The number of carbonyl (C=O) groups is 2. The Hall–Kier alpha value is -1.91. The SMILES string of the molecule is CC1C(=O)N2CCCC2C(=O)N1Cc1cccc(F)c1. The minimum Gasteiger partial charge on any atom is -0.329 e. The Balaban J connectivity index is 1.84. The van der Waals surface area contributed by atoms with Crippen molar-refractivity contribution in [3.05, 3.63) is 35.6 Å². The fourth-order valence-corrected chi connectivity index (χ4v) is 3.09. The Morgan fingerprint density at radius 2 is 2.10 bits per heavy atom. The molecule has 0 radical (unpaired) electrons. The summed E-state index contributed by atoms with van der Waals surface area (Å²) < 4.78 is 13.2. The quantitative estimate of drug-likeness (QED) is 0.822. The maximum Gasteiger partial charge on any atom is 0.246 e. The van der Waals surface area contributed by atoms with Gasteiger partial charge in [0.2, 0.25) is 11.8 Å². The number of amides is 2. The average Bonchev–Trinajstić information content (AvgIpc) is 2.91. The van der Waals surface area contributed by atoms with Crippen molar-refractivity contribution in [2.24, 2.45) is 0 Å². The van der Waals surface area contributed by atoms with E-state index in [1.54, 1.807) is 28.9 Å². The van der Waals surface area contributed by atoms with Crippen LogP contribution in [0.3, 0.4) is 0 Å². The highest BCUT2D eigenvalue weighted by Gasteiger charge is 2.45. The van der Waals surface area contributed by atoms with E-state index in [2.05, 4.69) is 0 Å². The molecule has 20 heavy (non-hydrogen) atoms. The maximum atomic E-state index is 13.2. The van der Waals surface area contributed by atoms with Crippen LogP contribution >= 0.6 is 0 Å².